The number of benzene rings is 2. The second kappa shape index (κ2) is 9.03. The van der Waals surface area contributed by atoms with E-state index in [2.05, 4.69) is 0 Å². The predicted octanol–water partition coefficient (Wildman–Crippen LogP) is 4.03. The number of amides is 1. The molecular formula is C18H19Cl2N3O4. The fraction of sp³-hybridized carbons (Fsp3) is 0.278. The maximum absolute atomic E-state index is 12.6. The topological polar surface area (TPSA) is 98.7 Å². The highest BCUT2D eigenvalue weighted by molar-refractivity contribution is 6.30. The number of likely N-dealkylation sites (tertiary alicyclic amines) is 1. The molecule has 1 saturated heterocycles. The third-order valence-corrected chi connectivity index (χ3v) is 4.59. The molecule has 1 aliphatic heterocycles. The van der Waals surface area contributed by atoms with Crippen molar-refractivity contribution in [1.29, 1.82) is 0 Å². The number of hydrogen-bond acceptors (Lipinski definition) is 5. The predicted molar refractivity (Wildman–Crippen MR) is 105 cm³/mol. The van der Waals surface area contributed by atoms with Crippen molar-refractivity contribution in [3.05, 3.63) is 63.2 Å². The monoisotopic (exact) mass is 411 g/mol. The van der Waals surface area contributed by atoms with Crippen LogP contribution in [0.1, 0.15) is 23.2 Å². The Morgan fingerprint density at radius 3 is 2.63 bits per heavy atom. The van der Waals surface area contributed by atoms with Gasteiger partial charge in [-0.1, -0.05) is 11.6 Å². The lowest BCUT2D eigenvalue weighted by Crippen LogP contribution is -2.39. The Kier molecular flexibility index (Phi) is 7.01. The van der Waals surface area contributed by atoms with Gasteiger partial charge in [0.2, 0.25) is 5.75 Å². The Morgan fingerprint density at radius 1 is 1.30 bits per heavy atom. The third-order valence-electron chi connectivity index (χ3n) is 4.36. The summed E-state index contributed by atoms with van der Waals surface area (Å²) in [6.07, 6.45) is 1.87. The molecule has 1 aliphatic rings. The van der Waals surface area contributed by atoms with Gasteiger partial charge in [0.1, 0.15) is 5.75 Å². The first-order valence-electron chi connectivity index (χ1n) is 8.22. The molecule has 1 heterocycles. The van der Waals surface area contributed by atoms with Crippen LogP contribution < -0.4 is 10.5 Å². The molecule has 1 unspecified atom stereocenters. The smallest absolute Gasteiger partial charge is 0.313 e. The van der Waals surface area contributed by atoms with Gasteiger partial charge in [-0.15, -0.1) is 12.4 Å². The quantitative estimate of drug-likeness (QED) is 0.591. The number of carbonyl (C=O) groups excluding carboxylic acids is 1. The van der Waals surface area contributed by atoms with Gasteiger partial charge in [-0.3, -0.25) is 14.9 Å². The molecular weight excluding hydrogens is 393 g/mol. The van der Waals surface area contributed by atoms with Crippen LogP contribution in [0.4, 0.5) is 5.69 Å². The molecule has 0 radical (unpaired) electrons. The average Bonchev–Trinajstić information content (AvgIpc) is 3.12. The van der Waals surface area contributed by atoms with E-state index in [9.17, 15) is 14.9 Å². The lowest BCUT2D eigenvalue weighted by atomic mass is 10.1. The fourth-order valence-corrected chi connectivity index (χ4v) is 3.19. The maximum Gasteiger partial charge on any atom is 0.313 e. The molecule has 27 heavy (non-hydrogen) atoms. The van der Waals surface area contributed by atoms with Crippen molar-refractivity contribution in [2.75, 3.05) is 13.1 Å². The minimum atomic E-state index is -0.556. The number of nitro benzene ring substituents is 1. The van der Waals surface area contributed by atoms with Crippen LogP contribution in [0.25, 0.3) is 0 Å². The summed E-state index contributed by atoms with van der Waals surface area (Å²) in [6.45, 7) is 1.16. The molecule has 3 rings (SSSR count). The summed E-state index contributed by atoms with van der Waals surface area (Å²) in [5.74, 6) is 0.409. The summed E-state index contributed by atoms with van der Waals surface area (Å²) >= 11 is 5.79. The molecule has 2 N–H and O–H groups in total. The molecule has 2 aromatic rings. The van der Waals surface area contributed by atoms with Gasteiger partial charge in [-0.25, -0.2) is 0 Å². The molecule has 144 valence electrons. The number of nitro groups is 1. The normalized spacial score (nSPS) is 15.9. The first-order chi connectivity index (χ1) is 12.5. The lowest BCUT2D eigenvalue weighted by molar-refractivity contribution is -0.385. The summed E-state index contributed by atoms with van der Waals surface area (Å²) in [5, 5.41) is 11.4. The van der Waals surface area contributed by atoms with Crippen molar-refractivity contribution in [2.45, 2.75) is 18.9 Å². The highest BCUT2D eigenvalue weighted by Crippen LogP contribution is 2.33. The number of nitrogens with two attached hydrogens (primary N) is 1. The van der Waals surface area contributed by atoms with E-state index in [1.807, 2.05) is 0 Å². The van der Waals surface area contributed by atoms with Gasteiger partial charge in [-0.2, -0.15) is 0 Å². The molecule has 0 aliphatic carbocycles. The first-order valence-corrected chi connectivity index (χ1v) is 8.60. The number of rotatable bonds is 5. The van der Waals surface area contributed by atoms with Crippen LogP contribution >= 0.6 is 24.0 Å². The summed E-state index contributed by atoms with van der Waals surface area (Å²) < 4.78 is 5.58. The Bertz CT molecular complexity index is 830. The highest BCUT2D eigenvalue weighted by Gasteiger charge is 2.28. The van der Waals surface area contributed by atoms with E-state index in [1.165, 1.54) is 18.2 Å². The number of ether oxygens (including phenoxy) is 1. The zero-order valence-electron chi connectivity index (χ0n) is 14.3. The van der Waals surface area contributed by atoms with E-state index >= 15 is 0 Å². The van der Waals surface area contributed by atoms with Crippen molar-refractivity contribution >= 4 is 35.6 Å². The average molecular weight is 412 g/mol. The van der Waals surface area contributed by atoms with Crippen LogP contribution in [-0.2, 0) is 0 Å². The third kappa shape index (κ3) is 4.68. The summed E-state index contributed by atoms with van der Waals surface area (Å²) in [6, 6.07) is 10.8. The molecule has 0 aromatic heterocycles. The van der Waals surface area contributed by atoms with Crippen molar-refractivity contribution in [3.8, 4) is 11.5 Å². The summed E-state index contributed by atoms with van der Waals surface area (Å²) in [7, 11) is 0. The van der Waals surface area contributed by atoms with E-state index < -0.39 is 4.92 Å². The number of halogens is 2. The van der Waals surface area contributed by atoms with Gasteiger partial charge in [0, 0.05) is 35.8 Å². The molecule has 2 aromatic carbocycles. The molecule has 1 fully saturated rings. The molecule has 1 amide bonds. The SMILES string of the molecule is Cl.NCC1CCCN1C(=O)c1ccc(Oc2ccc(Cl)cc2[N+](=O)[O-])cc1. The van der Waals surface area contributed by atoms with Crippen LogP contribution in [-0.4, -0.2) is 34.9 Å². The van der Waals surface area contributed by atoms with Crippen molar-refractivity contribution in [1.82, 2.24) is 4.90 Å². The van der Waals surface area contributed by atoms with Gasteiger partial charge in [-0.05, 0) is 49.2 Å². The van der Waals surface area contributed by atoms with Crippen LogP contribution in [0.2, 0.25) is 5.02 Å². The number of hydrogen-bond donors (Lipinski definition) is 1. The zero-order valence-corrected chi connectivity index (χ0v) is 15.9. The first kappa shape index (κ1) is 21.0. The van der Waals surface area contributed by atoms with Crippen LogP contribution in [0.3, 0.4) is 0 Å². The minimum Gasteiger partial charge on any atom is -0.450 e. The number of nitrogens with zero attached hydrogens (tertiary/aromatic N) is 2. The fourth-order valence-electron chi connectivity index (χ4n) is 3.03. The molecule has 9 heteroatoms. The zero-order chi connectivity index (χ0) is 18.7. The Hall–Kier alpha value is -2.35. The van der Waals surface area contributed by atoms with E-state index in [-0.39, 0.29) is 40.8 Å². The van der Waals surface area contributed by atoms with E-state index in [4.69, 9.17) is 22.1 Å². The lowest BCUT2D eigenvalue weighted by Gasteiger charge is -2.23. The highest BCUT2D eigenvalue weighted by atomic mass is 35.5. The molecule has 0 bridgehead atoms. The summed E-state index contributed by atoms with van der Waals surface area (Å²) in [5.41, 5.74) is 6.03. The number of carbonyl (C=O) groups is 1. The van der Waals surface area contributed by atoms with Crippen molar-refractivity contribution in [3.63, 3.8) is 0 Å². The van der Waals surface area contributed by atoms with Crippen molar-refractivity contribution < 1.29 is 14.5 Å². The maximum atomic E-state index is 12.6. The standard InChI is InChI=1S/C18H18ClN3O4.ClH/c19-13-5-8-17(16(10-13)22(24)25)26-15-6-3-12(4-7-15)18(23)21-9-1-2-14(21)11-20;/h3-8,10,14H,1-2,9,11,20H2;1H. The van der Waals surface area contributed by atoms with E-state index in [0.29, 0.717) is 24.4 Å². The largest absolute Gasteiger partial charge is 0.450 e. The Labute approximate surface area is 167 Å². The minimum absolute atomic E-state index is 0. The van der Waals surface area contributed by atoms with E-state index in [1.54, 1.807) is 29.2 Å². The molecule has 1 atom stereocenters. The van der Waals surface area contributed by atoms with E-state index in [0.717, 1.165) is 12.8 Å². The molecule has 0 spiro atoms. The molecule has 0 saturated carbocycles. The van der Waals surface area contributed by atoms with Gasteiger partial charge in [0.05, 0.1) is 4.92 Å². The van der Waals surface area contributed by atoms with Gasteiger partial charge in [0.15, 0.2) is 0 Å². The molecule has 7 nitrogen and oxygen atoms in total. The Morgan fingerprint density at radius 2 is 2.00 bits per heavy atom. The van der Waals surface area contributed by atoms with Crippen LogP contribution in [0.15, 0.2) is 42.5 Å². The second-order valence-corrected chi connectivity index (χ2v) is 6.46. The second-order valence-electron chi connectivity index (χ2n) is 6.03. The van der Waals surface area contributed by atoms with Gasteiger partial charge < -0.3 is 15.4 Å². The summed E-state index contributed by atoms with van der Waals surface area (Å²) in [4.78, 5) is 24.9. The van der Waals surface area contributed by atoms with Crippen LogP contribution in [0.5, 0.6) is 11.5 Å². The van der Waals surface area contributed by atoms with Crippen molar-refractivity contribution in [2.24, 2.45) is 5.73 Å². The van der Waals surface area contributed by atoms with Gasteiger partial charge >= 0.3 is 5.69 Å². The Balaban J connectivity index is 0.00000261. The van der Waals surface area contributed by atoms with Crippen LogP contribution in [0, 0.1) is 10.1 Å². The van der Waals surface area contributed by atoms with Gasteiger partial charge in [0.25, 0.3) is 5.91 Å².